The molecular formula is C30H18BrF6N3O4S2. The Hall–Kier alpha value is -3.89. The summed E-state index contributed by atoms with van der Waals surface area (Å²) in [5.41, 5.74) is -2.94. The number of carbonyl (C=O) groups excluding carboxylic acids is 3. The zero-order valence-electron chi connectivity index (χ0n) is 22.9. The minimum absolute atomic E-state index is 0.118. The van der Waals surface area contributed by atoms with Crippen LogP contribution in [0.25, 0.3) is 0 Å². The van der Waals surface area contributed by atoms with Gasteiger partial charge in [-0.1, -0.05) is 75.4 Å². The topological polar surface area (TPSA) is 88.5 Å². The third-order valence-electron chi connectivity index (χ3n) is 7.52. The molecule has 3 atom stereocenters. The molecule has 3 aromatic carbocycles. The number of thiazole rings is 1. The Morgan fingerprint density at radius 3 is 2.17 bits per heavy atom. The number of hydrogen-bond donors (Lipinski definition) is 1. The van der Waals surface area contributed by atoms with Crippen molar-refractivity contribution in [1.29, 1.82) is 0 Å². The summed E-state index contributed by atoms with van der Waals surface area (Å²) in [5.74, 6) is -4.96. The number of aromatic nitrogens is 1. The lowest BCUT2D eigenvalue weighted by atomic mass is 9.83. The molecule has 3 amide bonds. The summed E-state index contributed by atoms with van der Waals surface area (Å²) in [6, 6.07) is 15.2. The van der Waals surface area contributed by atoms with Gasteiger partial charge in [-0.25, -0.2) is 4.90 Å². The molecule has 238 valence electrons. The van der Waals surface area contributed by atoms with Crippen LogP contribution in [0.1, 0.15) is 27.5 Å². The Morgan fingerprint density at radius 1 is 0.848 bits per heavy atom. The largest absolute Gasteiger partial charge is 0.418 e. The number of fused-ring (bicyclic) bond motifs is 2. The molecule has 6 rings (SSSR count). The van der Waals surface area contributed by atoms with Gasteiger partial charge in [0.05, 0.1) is 33.4 Å². The fraction of sp³-hybridized carbons (Fsp3) is 0.200. The summed E-state index contributed by atoms with van der Waals surface area (Å²) in [7, 11) is 0. The van der Waals surface area contributed by atoms with Crippen LogP contribution in [-0.2, 0) is 33.3 Å². The van der Waals surface area contributed by atoms with Crippen molar-refractivity contribution in [2.24, 2.45) is 5.92 Å². The van der Waals surface area contributed by atoms with Crippen molar-refractivity contribution in [3.8, 4) is 0 Å². The van der Waals surface area contributed by atoms with Crippen LogP contribution in [-0.4, -0.2) is 27.5 Å². The minimum Gasteiger partial charge on any atom is -0.324 e. The van der Waals surface area contributed by atoms with E-state index in [1.165, 1.54) is 12.1 Å². The number of nitrogens with zero attached hydrogens (tertiary/aromatic N) is 2. The van der Waals surface area contributed by atoms with E-state index in [0.29, 0.717) is 31.2 Å². The van der Waals surface area contributed by atoms with Gasteiger partial charge < -0.3 is 5.32 Å². The Morgan fingerprint density at radius 2 is 1.50 bits per heavy atom. The van der Waals surface area contributed by atoms with Gasteiger partial charge in [0.25, 0.3) is 0 Å². The summed E-state index contributed by atoms with van der Waals surface area (Å²) in [6.07, 6.45) is -9.64. The van der Waals surface area contributed by atoms with Gasteiger partial charge in [0, 0.05) is 15.3 Å². The van der Waals surface area contributed by atoms with Gasteiger partial charge in [0.15, 0.2) is 0 Å². The first-order valence-electron chi connectivity index (χ1n) is 13.3. The first kappa shape index (κ1) is 32.1. The van der Waals surface area contributed by atoms with Gasteiger partial charge in [-0.15, -0.1) is 0 Å². The van der Waals surface area contributed by atoms with Gasteiger partial charge in [-0.2, -0.15) is 26.3 Å². The highest BCUT2D eigenvalue weighted by Crippen LogP contribution is 2.54. The SMILES string of the molecule is O=C(Cn1c2c(sc1=O)[C@@H](c1cccc(Br)c1)[C@@H]1C(=O)N(c3ccccc3C(F)(F)F)C(=O)[C@@H]1S2)Nc1ccccc1C(F)(F)F. The van der Waals surface area contributed by atoms with Gasteiger partial charge in [0.1, 0.15) is 11.8 Å². The molecule has 2 aliphatic rings. The zero-order chi connectivity index (χ0) is 33.1. The van der Waals surface area contributed by atoms with Crippen molar-refractivity contribution in [3.05, 3.63) is 109 Å². The van der Waals surface area contributed by atoms with Crippen molar-refractivity contribution in [1.82, 2.24) is 4.57 Å². The number of amides is 3. The molecule has 0 unspecified atom stereocenters. The molecule has 1 aromatic heterocycles. The highest BCUT2D eigenvalue weighted by atomic mass is 79.9. The number of carbonyl (C=O) groups is 3. The lowest BCUT2D eigenvalue weighted by molar-refractivity contribution is -0.138. The highest BCUT2D eigenvalue weighted by Gasteiger charge is 2.57. The van der Waals surface area contributed by atoms with Gasteiger partial charge in [-0.05, 0) is 42.0 Å². The average Bonchev–Trinajstić information content (AvgIpc) is 3.42. The van der Waals surface area contributed by atoms with Crippen molar-refractivity contribution >= 4 is 68.1 Å². The number of benzene rings is 3. The molecule has 16 heteroatoms. The molecule has 7 nitrogen and oxygen atoms in total. The Labute approximate surface area is 272 Å². The van der Waals surface area contributed by atoms with Crippen LogP contribution in [0.2, 0.25) is 0 Å². The van der Waals surface area contributed by atoms with E-state index in [1.54, 1.807) is 24.3 Å². The van der Waals surface area contributed by atoms with E-state index in [2.05, 4.69) is 21.2 Å². The van der Waals surface area contributed by atoms with Crippen molar-refractivity contribution in [2.45, 2.75) is 35.1 Å². The number of anilines is 2. The second-order valence-electron chi connectivity index (χ2n) is 10.3. The maximum atomic E-state index is 14.0. The predicted octanol–water partition coefficient (Wildman–Crippen LogP) is 7.14. The Kier molecular flexibility index (Phi) is 8.17. The number of hydrogen-bond acceptors (Lipinski definition) is 6. The van der Waals surface area contributed by atoms with E-state index >= 15 is 0 Å². The van der Waals surface area contributed by atoms with Crippen LogP contribution >= 0.6 is 39.0 Å². The molecule has 46 heavy (non-hydrogen) atoms. The molecule has 0 bridgehead atoms. The summed E-state index contributed by atoms with van der Waals surface area (Å²) < 4.78 is 83.9. The van der Waals surface area contributed by atoms with E-state index in [0.717, 1.165) is 52.7 Å². The number of halogens is 7. The van der Waals surface area contributed by atoms with Crippen LogP contribution in [0, 0.1) is 5.92 Å². The van der Waals surface area contributed by atoms with Gasteiger partial charge >= 0.3 is 17.2 Å². The van der Waals surface area contributed by atoms with Crippen LogP contribution in [0.3, 0.4) is 0 Å². The number of alkyl halides is 6. The summed E-state index contributed by atoms with van der Waals surface area (Å²) in [4.78, 5) is 54.3. The predicted molar refractivity (Wildman–Crippen MR) is 162 cm³/mol. The standard InChI is InChI=1S/C30H18BrF6N3O4S2/c31-15-7-5-6-14(12-15)21-22-23(26(43)40(25(22)42)19-11-4-2-9-17(19)30(35,36)37)45-27-24(21)46-28(44)39(27)13-20(41)38-18-10-3-1-8-16(18)29(32,33)34/h1-12,21-23H,13H2,(H,38,41)/t21-,22-,23+/m0/s1. The van der Waals surface area contributed by atoms with Crippen LogP contribution < -0.4 is 15.1 Å². The highest BCUT2D eigenvalue weighted by molar-refractivity contribution is 9.10. The average molecular weight is 743 g/mol. The lowest BCUT2D eigenvalue weighted by Crippen LogP contribution is -2.33. The van der Waals surface area contributed by atoms with Crippen molar-refractivity contribution in [3.63, 3.8) is 0 Å². The smallest absolute Gasteiger partial charge is 0.324 e. The molecule has 0 spiro atoms. The molecular weight excluding hydrogens is 724 g/mol. The van der Waals surface area contributed by atoms with Crippen LogP contribution in [0.5, 0.6) is 0 Å². The van der Waals surface area contributed by atoms with E-state index in [-0.39, 0.29) is 5.03 Å². The molecule has 3 heterocycles. The molecule has 1 saturated heterocycles. The summed E-state index contributed by atoms with van der Waals surface area (Å²) >= 11 is 4.82. The number of rotatable bonds is 5. The molecule has 1 N–H and O–H groups in total. The van der Waals surface area contributed by atoms with E-state index in [9.17, 15) is 45.5 Å². The van der Waals surface area contributed by atoms with E-state index in [4.69, 9.17) is 0 Å². The molecule has 0 aliphatic carbocycles. The minimum atomic E-state index is -4.88. The fourth-order valence-electron chi connectivity index (χ4n) is 5.63. The third kappa shape index (κ3) is 5.66. The van der Waals surface area contributed by atoms with Crippen LogP contribution in [0.4, 0.5) is 37.7 Å². The Bertz CT molecular complexity index is 1960. The van der Waals surface area contributed by atoms with Crippen LogP contribution in [0.15, 0.2) is 87.1 Å². The number of imide groups is 1. The molecule has 0 radical (unpaired) electrons. The normalized spacial score (nSPS) is 19.6. The lowest BCUT2D eigenvalue weighted by Gasteiger charge is -2.30. The first-order chi connectivity index (χ1) is 21.7. The maximum absolute atomic E-state index is 14.0. The maximum Gasteiger partial charge on any atom is 0.418 e. The molecule has 1 fully saturated rings. The fourth-order valence-corrected chi connectivity index (χ4v) is 8.82. The third-order valence-corrected chi connectivity index (χ3v) is 10.6. The summed E-state index contributed by atoms with van der Waals surface area (Å²) in [6.45, 7) is -0.727. The molecule has 2 aliphatic heterocycles. The quantitative estimate of drug-likeness (QED) is 0.174. The van der Waals surface area contributed by atoms with Crippen molar-refractivity contribution < 1.29 is 40.7 Å². The Balaban J connectivity index is 1.42. The summed E-state index contributed by atoms with van der Waals surface area (Å²) in [5, 5.41) is 1.03. The van der Waals surface area contributed by atoms with Gasteiger partial charge in [0.2, 0.25) is 17.7 Å². The van der Waals surface area contributed by atoms with Crippen molar-refractivity contribution in [2.75, 3.05) is 10.2 Å². The first-order valence-corrected chi connectivity index (χ1v) is 15.8. The van der Waals surface area contributed by atoms with E-state index < -0.39 is 81.1 Å². The van der Waals surface area contributed by atoms with Gasteiger partial charge in [-0.3, -0.25) is 23.7 Å². The number of para-hydroxylation sites is 2. The second kappa shape index (κ2) is 11.7. The van der Waals surface area contributed by atoms with E-state index in [1.807, 2.05) is 0 Å². The zero-order valence-corrected chi connectivity index (χ0v) is 26.1. The second-order valence-corrected chi connectivity index (χ2v) is 13.4. The monoisotopic (exact) mass is 741 g/mol. The number of thioether (sulfide) groups is 1. The molecule has 0 saturated carbocycles. The number of nitrogens with one attached hydrogen (secondary N) is 1. The molecule has 4 aromatic rings.